The average molecular weight is 526 g/mol. The van der Waals surface area contributed by atoms with Gasteiger partial charge in [-0.1, -0.05) is 18.2 Å². The maximum atomic E-state index is 13.6. The molecule has 0 saturated carbocycles. The molecule has 0 amide bonds. The third-order valence-electron chi connectivity index (χ3n) is 7.78. The second-order valence-electron chi connectivity index (χ2n) is 10.1. The molecule has 0 radical (unpaired) electrons. The number of aliphatic hydroxyl groups excluding tert-OH is 1. The first-order valence-electron chi connectivity index (χ1n) is 12.2. The van der Waals surface area contributed by atoms with Gasteiger partial charge in [0.05, 0.1) is 29.4 Å². The monoisotopic (exact) mass is 525 g/mol. The number of carbonyl (C=O) groups excluding carboxylic acids is 4. The summed E-state index contributed by atoms with van der Waals surface area (Å²) in [7, 11) is 0. The van der Waals surface area contributed by atoms with Gasteiger partial charge in [-0.2, -0.15) is 0 Å². The molecule has 0 spiro atoms. The van der Waals surface area contributed by atoms with E-state index < -0.39 is 82.6 Å². The molecule has 2 aliphatic carbocycles. The number of phenols is 2. The molecule has 1 aliphatic heterocycles. The van der Waals surface area contributed by atoms with Gasteiger partial charge in [0.25, 0.3) is 0 Å². The van der Waals surface area contributed by atoms with E-state index in [2.05, 4.69) is 0 Å². The molecule has 2 aromatic rings. The smallest absolute Gasteiger partial charge is 0.199 e. The van der Waals surface area contributed by atoms with E-state index in [1.807, 2.05) is 0 Å². The van der Waals surface area contributed by atoms with Gasteiger partial charge < -0.3 is 35.6 Å². The lowest BCUT2D eigenvalue weighted by molar-refractivity contribution is -0.247. The van der Waals surface area contributed by atoms with Gasteiger partial charge in [-0.05, 0) is 13.8 Å². The second kappa shape index (κ2) is 9.07. The van der Waals surface area contributed by atoms with Crippen LogP contribution in [0.15, 0.2) is 18.2 Å². The van der Waals surface area contributed by atoms with Crippen molar-refractivity contribution >= 4 is 23.6 Å². The summed E-state index contributed by atoms with van der Waals surface area (Å²) in [6.07, 6.45) is -4.30. The average Bonchev–Trinajstić information content (AvgIpc) is 2.87. The minimum absolute atomic E-state index is 0.0427. The highest BCUT2D eigenvalue weighted by Gasteiger charge is 2.49. The summed E-state index contributed by atoms with van der Waals surface area (Å²) in [5, 5.41) is 44.0. The van der Waals surface area contributed by atoms with Crippen molar-refractivity contribution in [3.05, 3.63) is 57.1 Å². The maximum Gasteiger partial charge on any atom is 0.199 e. The van der Waals surface area contributed by atoms with Crippen LogP contribution < -0.4 is 5.73 Å². The predicted octanol–water partition coefficient (Wildman–Crippen LogP) is 0.833. The van der Waals surface area contributed by atoms with E-state index in [0.717, 1.165) is 6.92 Å². The van der Waals surface area contributed by atoms with Crippen LogP contribution >= 0.6 is 0 Å². The van der Waals surface area contributed by atoms with E-state index >= 15 is 0 Å². The largest absolute Gasteiger partial charge is 0.507 e. The first-order valence-corrected chi connectivity index (χ1v) is 12.2. The molecular formula is C27H27NO10. The fourth-order valence-corrected chi connectivity index (χ4v) is 5.65. The normalized spacial score (nSPS) is 30.3. The van der Waals surface area contributed by atoms with Crippen LogP contribution in [0.25, 0.3) is 0 Å². The van der Waals surface area contributed by atoms with Crippen molar-refractivity contribution in [3.63, 3.8) is 0 Å². The standard InChI is InChI=1S/C27H27NO10/c1-10-22(31)15(28)6-17(37-10)38-16-8-27(36,11(2)30)7-14-19(16)26(35)21-20(24(14)33)23(32)13-5-3-4-12(9-29)18(13)25(21)34/h3-5,9-10,15-17,22,31,33,35-36H,6-8,28H2,1-2H3/t10?,15-,16+,17+,22-,27+/m1/s1. The van der Waals surface area contributed by atoms with E-state index in [1.165, 1.54) is 18.2 Å². The van der Waals surface area contributed by atoms with Crippen LogP contribution in [-0.4, -0.2) is 74.2 Å². The molecule has 1 fully saturated rings. The van der Waals surface area contributed by atoms with Crippen LogP contribution in [0.3, 0.4) is 0 Å². The molecule has 3 aliphatic rings. The summed E-state index contributed by atoms with van der Waals surface area (Å²) in [6, 6.07) is 3.40. The van der Waals surface area contributed by atoms with E-state index in [4.69, 9.17) is 15.2 Å². The number of aliphatic hydroxyl groups is 2. The molecule has 200 valence electrons. The summed E-state index contributed by atoms with van der Waals surface area (Å²) in [5.41, 5.74) is 2.40. The van der Waals surface area contributed by atoms with Crippen LogP contribution in [0, 0.1) is 0 Å². The van der Waals surface area contributed by atoms with Gasteiger partial charge in [-0.15, -0.1) is 0 Å². The zero-order chi connectivity index (χ0) is 27.7. The van der Waals surface area contributed by atoms with Gasteiger partial charge in [0.15, 0.2) is 29.9 Å². The highest BCUT2D eigenvalue weighted by molar-refractivity contribution is 6.32. The molecule has 6 atom stereocenters. The summed E-state index contributed by atoms with van der Waals surface area (Å²) >= 11 is 0. The third-order valence-corrected chi connectivity index (χ3v) is 7.78. The number of hydrogen-bond donors (Lipinski definition) is 5. The molecular weight excluding hydrogens is 498 g/mol. The van der Waals surface area contributed by atoms with Crippen LogP contribution in [0.5, 0.6) is 11.5 Å². The Morgan fingerprint density at radius 3 is 2.47 bits per heavy atom. The first-order chi connectivity index (χ1) is 17.9. The zero-order valence-corrected chi connectivity index (χ0v) is 20.6. The van der Waals surface area contributed by atoms with Crippen molar-refractivity contribution in [3.8, 4) is 11.5 Å². The minimum Gasteiger partial charge on any atom is -0.507 e. The number of nitrogens with two attached hydrogens (primary N) is 1. The second-order valence-corrected chi connectivity index (χ2v) is 10.1. The van der Waals surface area contributed by atoms with Gasteiger partial charge in [0, 0.05) is 53.1 Å². The summed E-state index contributed by atoms with van der Waals surface area (Å²) in [6.45, 7) is 2.75. The number of Topliss-reactive ketones (excluding diaryl/α,β-unsaturated/α-hetero) is 1. The fourth-order valence-electron chi connectivity index (χ4n) is 5.65. The number of hydrogen-bond acceptors (Lipinski definition) is 11. The molecule has 1 saturated heterocycles. The molecule has 5 rings (SSSR count). The molecule has 1 heterocycles. The predicted molar refractivity (Wildman–Crippen MR) is 129 cm³/mol. The van der Waals surface area contributed by atoms with Crippen molar-refractivity contribution in [1.29, 1.82) is 0 Å². The Hall–Kier alpha value is -3.48. The van der Waals surface area contributed by atoms with Gasteiger partial charge in [-0.25, -0.2) is 0 Å². The van der Waals surface area contributed by atoms with Crippen LogP contribution in [0.2, 0.25) is 0 Å². The SMILES string of the molecule is CC(=O)[C@]1(O)Cc2c(O)c3c(c(O)c2[C@@H](O[C@H]2C[C@@H](N)[C@H](O)C(C)O2)C1)C(=O)c1c(C=O)cccc1C3=O. The Bertz CT molecular complexity index is 1390. The number of aromatic hydroxyl groups is 2. The number of aldehydes is 1. The topological polar surface area (TPSA) is 194 Å². The quantitative estimate of drug-likeness (QED) is 0.239. The van der Waals surface area contributed by atoms with Crippen molar-refractivity contribution in [2.24, 2.45) is 5.73 Å². The molecule has 0 aromatic heterocycles. The molecule has 0 bridgehead atoms. The number of benzene rings is 2. The van der Waals surface area contributed by atoms with E-state index in [9.17, 15) is 39.6 Å². The maximum absolute atomic E-state index is 13.6. The summed E-state index contributed by atoms with van der Waals surface area (Å²) in [5.74, 6) is -3.62. The molecule has 38 heavy (non-hydrogen) atoms. The molecule has 6 N–H and O–H groups in total. The molecule has 2 aromatic carbocycles. The zero-order valence-electron chi connectivity index (χ0n) is 20.6. The molecule has 11 nitrogen and oxygen atoms in total. The number of fused-ring (bicyclic) bond motifs is 3. The van der Waals surface area contributed by atoms with Gasteiger partial charge in [0.1, 0.15) is 17.1 Å². The lowest BCUT2D eigenvalue weighted by Gasteiger charge is -2.42. The highest BCUT2D eigenvalue weighted by atomic mass is 16.7. The fraction of sp³-hybridized carbons (Fsp3) is 0.407. The number of rotatable bonds is 4. The minimum atomic E-state index is -2.03. The Labute approximate surface area is 216 Å². The Balaban J connectivity index is 1.69. The van der Waals surface area contributed by atoms with Crippen molar-refractivity contribution in [1.82, 2.24) is 0 Å². The molecule has 1 unspecified atom stereocenters. The van der Waals surface area contributed by atoms with Crippen LogP contribution in [-0.2, 0) is 20.7 Å². The lowest BCUT2D eigenvalue weighted by Crippen LogP contribution is -2.52. The Kier molecular flexibility index (Phi) is 6.24. The van der Waals surface area contributed by atoms with Crippen molar-refractivity contribution in [2.45, 2.75) is 69.4 Å². The number of phenolic OH excluding ortho intramolecular Hbond substituents is 2. The first kappa shape index (κ1) is 26.1. The van der Waals surface area contributed by atoms with E-state index in [1.54, 1.807) is 6.92 Å². The van der Waals surface area contributed by atoms with Crippen molar-refractivity contribution in [2.75, 3.05) is 0 Å². The Morgan fingerprint density at radius 2 is 1.84 bits per heavy atom. The van der Waals surface area contributed by atoms with Crippen LogP contribution in [0.1, 0.15) is 86.1 Å². The van der Waals surface area contributed by atoms with E-state index in [0.29, 0.717) is 6.29 Å². The van der Waals surface area contributed by atoms with Gasteiger partial charge in [0.2, 0.25) is 0 Å². The van der Waals surface area contributed by atoms with Gasteiger partial charge in [-0.3, -0.25) is 19.2 Å². The number of carbonyl (C=O) groups is 4. The highest BCUT2D eigenvalue weighted by Crippen LogP contribution is 2.52. The van der Waals surface area contributed by atoms with E-state index in [-0.39, 0.29) is 40.7 Å². The summed E-state index contributed by atoms with van der Waals surface area (Å²) < 4.78 is 11.7. The third kappa shape index (κ3) is 3.77. The number of ether oxygens (including phenoxy) is 2. The number of ketones is 3. The van der Waals surface area contributed by atoms with Crippen molar-refractivity contribution < 1.29 is 49.1 Å². The lowest BCUT2D eigenvalue weighted by atomic mass is 9.71. The van der Waals surface area contributed by atoms with Crippen LogP contribution in [0.4, 0.5) is 0 Å². The Morgan fingerprint density at radius 1 is 1.16 bits per heavy atom. The van der Waals surface area contributed by atoms with Gasteiger partial charge >= 0.3 is 0 Å². The molecule has 11 heteroatoms. The summed E-state index contributed by atoms with van der Waals surface area (Å²) in [4.78, 5) is 51.0.